The molecule has 1 aromatic carbocycles. The zero-order valence-corrected chi connectivity index (χ0v) is 8.10. The minimum absolute atomic E-state index is 0.0318. The van der Waals surface area contributed by atoms with Gasteiger partial charge in [-0.1, -0.05) is 18.2 Å². The molecule has 0 aromatic heterocycles. The molecule has 0 spiro atoms. The number of anilines is 1. The fourth-order valence-corrected chi connectivity index (χ4v) is 1.87. The van der Waals surface area contributed by atoms with Crippen molar-refractivity contribution in [3.05, 3.63) is 29.8 Å². The summed E-state index contributed by atoms with van der Waals surface area (Å²) in [5.74, 6) is 0.0318. The molecule has 1 heterocycles. The van der Waals surface area contributed by atoms with Gasteiger partial charge in [0.1, 0.15) is 0 Å². The van der Waals surface area contributed by atoms with Gasteiger partial charge in [-0.15, -0.1) is 0 Å². The highest BCUT2D eigenvalue weighted by Gasteiger charge is 2.24. The molecule has 1 aromatic rings. The van der Waals surface area contributed by atoms with E-state index in [1.54, 1.807) is 11.8 Å². The highest BCUT2D eigenvalue weighted by atomic mass is 16.3. The molecule has 0 fully saturated rings. The molecule has 0 saturated heterocycles. The first-order valence-electron chi connectivity index (χ1n) is 4.75. The quantitative estimate of drug-likeness (QED) is 0.674. The Morgan fingerprint density at radius 2 is 2.21 bits per heavy atom. The summed E-state index contributed by atoms with van der Waals surface area (Å²) in [7, 11) is 0. The molecule has 1 N–H and O–H groups in total. The second-order valence-electron chi connectivity index (χ2n) is 3.53. The van der Waals surface area contributed by atoms with E-state index in [4.69, 9.17) is 0 Å². The maximum Gasteiger partial charge on any atom is 0.223 e. The number of hydrogen-bond donors (Lipinski definition) is 1. The van der Waals surface area contributed by atoms with E-state index in [-0.39, 0.29) is 5.91 Å². The van der Waals surface area contributed by atoms with Crippen molar-refractivity contribution in [2.45, 2.75) is 19.4 Å². The third-order valence-corrected chi connectivity index (χ3v) is 2.59. The summed E-state index contributed by atoms with van der Waals surface area (Å²) in [6.45, 7) is 2.15. The zero-order valence-electron chi connectivity index (χ0n) is 8.10. The van der Waals surface area contributed by atoms with Crippen LogP contribution in [0, 0.1) is 0 Å². The van der Waals surface area contributed by atoms with Gasteiger partial charge in [-0.2, -0.15) is 0 Å². The molecule has 2 rings (SSSR count). The first kappa shape index (κ1) is 9.21. The largest absolute Gasteiger partial charge is 0.388 e. The van der Waals surface area contributed by atoms with E-state index in [1.165, 1.54) is 0 Å². The normalized spacial score (nSPS) is 20.4. The smallest absolute Gasteiger partial charge is 0.223 e. The third kappa shape index (κ3) is 1.40. The second kappa shape index (κ2) is 3.42. The van der Waals surface area contributed by atoms with Crippen molar-refractivity contribution in [1.29, 1.82) is 0 Å². The van der Waals surface area contributed by atoms with Crippen molar-refractivity contribution in [3.8, 4) is 0 Å². The predicted octanol–water partition coefficient (Wildman–Crippen LogP) is 1.48. The van der Waals surface area contributed by atoms with Gasteiger partial charge in [-0.05, 0) is 12.5 Å². The highest BCUT2D eigenvalue weighted by Crippen LogP contribution is 2.33. The van der Waals surface area contributed by atoms with Gasteiger partial charge in [-0.3, -0.25) is 4.79 Å². The summed E-state index contributed by atoms with van der Waals surface area (Å²) in [5, 5.41) is 9.72. The number of fused-ring (bicyclic) bond motifs is 1. The summed E-state index contributed by atoms with van der Waals surface area (Å²) < 4.78 is 0. The van der Waals surface area contributed by atoms with Crippen molar-refractivity contribution in [2.75, 3.05) is 11.4 Å². The molecule has 74 valence electrons. The summed E-state index contributed by atoms with van der Waals surface area (Å²) in [4.78, 5) is 13.0. The van der Waals surface area contributed by atoms with Crippen molar-refractivity contribution in [2.24, 2.45) is 0 Å². The minimum atomic E-state index is -0.429. The summed E-state index contributed by atoms with van der Waals surface area (Å²) in [6, 6.07) is 7.51. The fraction of sp³-hybridized carbons (Fsp3) is 0.364. The topological polar surface area (TPSA) is 40.5 Å². The molecule has 0 unspecified atom stereocenters. The van der Waals surface area contributed by atoms with Crippen LogP contribution in [-0.2, 0) is 4.79 Å². The van der Waals surface area contributed by atoms with Gasteiger partial charge in [-0.25, -0.2) is 0 Å². The molecule has 3 heteroatoms. The Balaban J connectivity index is 2.46. The number of nitrogens with zero attached hydrogens (tertiary/aromatic N) is 1. The Labute approximate surface area is 83.0 Å². The molecule has 3 nitrogen and oxygen atoms in total. The van der Waals surface area contributed by atoms with Crippen molar-refractivity contribution in [3.63, 3.8) is 0 Å². The third-order valence-electron chi connectivity index (χ3n) is 2.59. The molecule has 0 aliphatic carbocycles. The lowest BCUT2D eigenvalue weighted by Crippen LogP contribution is -2.34. The number of benzene rings is 1. The standard InChI is InChI=1S/C11H13NO2/c1-8(13)12-7-6-11(14)9-4-2-3-5-10(9)12/h2-5,11,14H,6-7H2,1H3/t11-/m0/s1. The van der Waals surface area contributed by atoms with Crippen LogP contribution >= 0.6 is 0 Å². The Morgan fingerprint density at radius 3 is 2.93 bits per heavy atom. The number of aliphatic hydroxyl groups is 1. The number of carbonyl (C=O) groups is 1. The summed E-state index contributed by atoms with van der Waals surface area (Å²) in [5.41, 5.74) is 1.70. The summed E-state index contributed by atoms with van der Waals surface area (Å²) in [6.07, 6.45) is 0.193. The lowest BCUT2D eigenvalue weighted by atomic mass is 9.99. The number of aliphatic hydroxyl groups excluding tert-OH is 1. The average molecular weight is 191 g/mol. The van der Waals surface area contributed by atoms with E-state index in [2.05, 4.69) is 0 Å². The molecule has 14 heavy (non-hydrogen) atoms. The van der Waals surface area contributed by atoms with Crippen LogP contribution in [0.5, 0.6) is 0 Å². The van der Waals surface area contributed by atoms with Crippen molar-refractivity contribution in [1.82, 2.24) is 0 Å². The SMILES string of the molecule is CC(=O)N1CC[C@H](O)c2ccccc21. The maximum atomic E-state index is 11.3. The summed E-state index contributed by atoms with van der Waals surface area (Å²) >= 11 is 0. The number of amides is 1. The van der Waals surface area contributed by atoms with Crippen LogP contribution in [0.2, 0.25) is 0 Å². The Bertz CT molecular complexity index is 362. The molecule has 0 radical (unpaired) electrons. The van der Waals surface area contributed by atoms with E-state index >= 15 is 0 Å². The van der Waals surface area contributed by atoms with Crippen molar-refractivity contribution >= 4 is 11.6 Å². The van der Waals surface area contributed by atoms with E-state index in [0.29, 0.717) is 13.0 Å². The van der Waals surface area contributed by atoms with Gasteiger partial charge in [0.15, 0.2) is 0 Å². The fourth-order valence-electron chi connectivity index (χ4n) is 1.87. The highest BCUT2D eigenvalue weighted by molar-refractivity contribution is 5.92. The first-order valence-corrected chi connectivity index (χ1v) is 4.75. The average Bonchev–Trinajstić information content (AvgIpc) is 2.18. The molecule has 1 aliphatic rings. The molecule has 1 atom stereocenters. The van der Waals surface area contributed by atoms with E-state index in [9.17, 15) is 9.90 Å². The molecule has 1 aliphatic heterocycles. The van der Waals surface area contributed by atoms with Gasteiger partial charge in [0.05, 0.1) is 6.10 Å². The number of para-hydroxylation sites is 1. The van der Waals surface area contributed by atoms with Crippen LogP contribution < -0.4 is 4.90 Å². The van der Waals surface area contributed by atoms with E-state index in [1.807, 2.05) is 24.3 Å². The van der Waals surface area contributed by atoms with Crippen LogP contribution in [0.1, 0.15) is 25.0 Å². The molecule has 1 amide bonds. The van der Waals surface area contributed by atoms with Crippen LogP contribution in [0.4, 0.5) is 5.69 Å². The van der Waals surface area contributed by atoms with Gasteiger partial charge in [0, 0.05) is 24.7 Å². The zero-order chi connectivity index (χ0) is 10.1. The number of hydrogen-bond acceptors (Lipinski definition) is 2. The van der Waals surface area contributed by atoms with E-state index < -0.39 is 6.10 Å². The maximum absolute atomic E-state index is 11.3. The van der Waals surface area contributed by atoms with Crippen LogP contribution in [0.15, 0.2) is 24.3 Å². The number of rotatable bonds is 0. The van der Waals surface area contributed by atoms with Gasteiger partial charge in [0.25, 0.3) is 0 Å². The second-order valence-corrected chi connectivity index (χ2v) is 3.53. The lowest BCUT2D eigenvalue weighted by molar-refractivity contribution is -0.116. The Kier molecular flexibility index (Phi) is 2.25. The van der Waals surface area contributed by atoms with Gasteiger partial charge in [0.2, 0.25) is 5.91 Å². The predicted molar refractivity (Wildman–Crippen MR) is 54.0 cm³/mol. The number of carbonyl (C=O) groups excluding carboxylic acids is 1. The van der Waals surface area contributed by atoms with Crippen molar-refractivity contribution < 1.29 is 9.90 Å². The minimum Gasteiger partial charge on any atom is -0.388 e. The molecular weight excluding hydrogens is 178 g/mol. The van der Waals surface area contributed by atoms with E-state index in [0.717, 1.165) is 11.3 Å². The monoisotopic (exact) mass is 191 g/mol. The lowest BCUT2D eigenvalue weighted by Gasteiger charge is -2.31. The molecule has 0 saturated carbocycles. The molecule has 0 bridgehead atoms. The van der Waals surface area contributed by atoms with Crippen LogP contribution in [0.25, 0.3) is 0 Å². The Morgan fingerprint density at radius 1 is 1.50 bits per heavy atom. The first-order chi connectivity index (χ1) is 6.70. The van der Waals surface area contributed by atoms with Crippen LogP contribution in [0.3, 0.4) is 0 Å². The molecular formula is C11H13NO2. The van der Waals surface area contributed by atoms with Gasteiger partial charge >= 0.3 is 0 Å². The van der Waals surface area contributed by atoms with Gasteiger partial charge < -0.3 is 10.0 Å². The Hall–Kier alpha value is -1.35. The van der Waals surface area contributed by atoms with Crippen LogP contribution in [-0.4, -0.2) is 17.6 Å².